The van der Waals surface area contributed by atoms with Gasteiger partial charge in [0.15, 0.2) is 5.65 Å². The van der Waals surface area contributed by atoms with Crippen LogP contribution >= 0.6 is 12.6 Å². The summed E-state index contributed by atoms with van der Waals surface area (Å²) in [5, 5.41) is 7.73. The van der Waals surface area contributed by atoms with Crippen LogP contribution < -0.4 is 0 Å². The van der Waals surface area contributed by atoms with E-state index in [0.29, 0.717) is 0 Å². The van der Waals surface area contributed by atoms with Gasteiger partial charge in [-0.25, -0.2) is 4.98 Å². The number of pyridine rings is 1. The van der Waals surface area contributed by atoms with E-state index in [-0.39, 0.29) is 0 Å². The van der Waals surface area contributed by atoms with Crippen molar-refractivity contribution in [2.75, 3.05) is 5.75 Å². The molecule has 0 aromatic carbocycles. The number of thiol groups is 1. The normalized spacial score (nSPS) is 11.5. The summed E-state index contributed by atoms with van der Waals surface area (Å²) < 4.78 is 0. The van der Waals surface area contributed by atoms with Crippen molar-refractivity contribution in [3.8, 4) is 0 Å². The van der Waals surface area contributed by atoms with Gasteiger partial charge < -0.3 is 0 Å². The van der Waals surface area contributed by atoms with E-state index < -0.39 is 0 Å². The Labute approximate surface area is 81.3 Å². The lowest BCUT2D eigenvalue weighted by Crippen LogP contribution is -1.78. The quantitative estimate of drug-likeness (QED) is 0.712. The maximum absolute atomic E-state index is 4.20. The molecule has 2 heterocycles. The van der Waals surface area contributed by atoms with Gasteiger partial charge in [-0.3, -0.25) is 5.10 Å². The molecule has 2 rings (SSSR count). The van der Waals surface area contributed by atoms with E-state index in [1.807, 2.05) is 18.2 Å². The smallest absolute Gasteiger partial charge is 0.155 e. The third-order valence-corrected chi connectivity index (χ3v) is 1.94. The Bertz CT molecular complexity index is 433. The molecule has 0 saturated carbocycles. The van der Waals surface area contributed by atoms with Crippen molar-refractivity contribution in [1.29, 1.82) is 0 Å². The van der Waals surface area contributed by atoms with Crippen LogP contribution in [-0.4, -0.2) is 20.9 Å². The summed E-state index contributed by atoms with van der Waals surface area (Å²) in [6, 6.07) is 2.03. The lowest BCUT2D eigenvalue weighted by Gasteiger charge is -1.91. The highest BCUT2D eigenvalue weighted by molar-refractivity contribution is 7.80. The molecule has 0 fully saturated rings. The molecule has 0 aliphatic carbocycles. The Morgan fingerprint density at radius 1 is 1.46 bits per heavy atom. The molecule has 2 aromatic heterocycles. The van der Waals surface area contributed by atoms with E-state index >= 15 is 0 Å². The second-order valence-corrected chi connectivity index (χ2v) is 3.03. The van der Waals surface area contributed by atoms with Crippen LogP contribution in [0.1, 0.15) is 5.56 Å². The van der Waals surface area contributed by atoms with E-state index in [2.05, 4.69) is 27.8 Å². The number of rotatable bonds is 2. The molecule has 0 aliphatic heterocycles. The predicted octanol–water partition coefficient (Wildman–Crippen LogP) is 1.90. The predicted molar refractivity (Wildman–Crippen MR) is 56.8 cm³/mol. The minimum Gasteiger partial charge on any atom is -0.261 e. The maximum Gasteiger partial charge on any atom is 0.155 e. The molecule has 0 radical (unpaired) electrons. The fourth-order valence-electron chi connectivity index (χ4n) is 1.13. The van der Waals surface area contributed by atoms with Crippen molar-refractivity contribution in [1.82, 2.24) is 15.2 Å². The molecule has 0 bridgehead atoms. The van der Waals surface area contributed by atoms with E-state index in [1.54, 1.807) is 12.4 Å². The number of aromatic amines is 1. The summed E-state index contributed by atoms with van der Waals surface area (Å²) in [5.41, 5.74) is 1.89. The lowest BCUT2D eigenvalue weighted by atomic mass is 10.2. The molecule has 0 spiro atoms. The number of nitrogens with zero attached hydrogens (tertiary/aromatic N) is 2. The van der Waals surface area contributed by atoms with Gasteiger partial charge in [-0.2, -0.15) is 17.7 Å². The van der Waals surface area contributed by atoms with Crippen LogP contribution in [0, 0.1) is 0 Å². The molecule has 3 nitrogen and oxygen atoms in total. The van der Waals surface area contributed by atoms with Crippen molar-refractivity contribution in [2.24, 2.45) is 0 Å². The zero-order chi connectivity index (χ0) is 9.10. The third-order valence-electron chi connectivity index (χ3n) is 1.73. The number of aromatic nitrogens is 3. The minimum absolute atomic E-state index is 0.740. The summed E-state index contributed by atoms with van der Waals surface area (Å²) >= 11 is 4.09. The van der Waals surface area contributed by atoms with Gasteiger partial charge in [-0.05, 0) is 11.6 Å². The minimum atomic E-state index is 0.740. The van der Waals surface area contributed by atoms with Crippen LogP contribution in [0.5, 0.6) is 0 Å². The van der Waals surface area contributed by atoms with Crippen LogP contribution in [0.3, 0.4) is 0 Å². The molecule has 13 heavy (non-hydrogen) atoms. The number of fused-ring (bicyclic) bond motifs is 1. The molecule has 0 atom stereocenters. The van der Waals surface area contributed by atoms with E-state index in [4.69, 9.17) is 0 Å². The summed E-state index contributed by atoms with van der Waals surface area (Å²) in [7, 11) is 0. The molecule has 2 aromatic rings. The fourth-order valence-corrected chi connectivity index (χ4v) is 1.24. The van der Waals surface area contributed by atoms with Crippen molar-refractivity contribution < 1.29 is 0 Å². The molecule has 1 N–H and O–H groups in total. The summed E-state index contributed by atoms with van der Waals surface area (Å²) in [4.78, 5) is 4.20. The van der Waals surface area contributed by atoms with Crippen molar-refractivity contribution in [3.63, 3.8) is 0 Å². The number of nitrogens with one attached hydrogen (secondary N) is 1. The summed E-state index contributed by atoms with van der Waals surface area (Å²) in [6.45, 7) is 0. The Balaban J connectivity index is 2.42. The van der Waals surface area contributed by atoms with Crippen LogP contribution in [0.4, 0.5) is 0 Å². The molecule has 0 aliphatic rings. The van der Waals surface area contributed by atoms with Gasteiger partial charge in [0, 0.05) is 17.3 Å². The summed E-state index contributed by atoms with van der Waals surface area (Å²) in [6.07, 6.45) is 7.54. The number of hydrogen-bond donors (Lipinski definition) is 2. The van der Waals surface area contributed by atoms with Gasteiger partial charge >= 0.3 is 0 Å². The van der Waals surface area contributed by atoms with Gasteiger partial charge in [-0.1, -0.05) is 12.2 Å². The highest BCUT2D eigenvalue weighted by Crippen LogP contribution is 2.10. The highest BCUT2D eigenvalue weighted by Gasteiger charge is 1.95. The molecule has 0 amide bonds. The van der Waals surface area contributed by atoms with Crippen molar-refractivity contribution in [2.45, 2.75) is 0 Å². The van der Waals surface area contributed by atoms with Crippen LogP contribution in [0.2, 0.25) is 0 Å². The standard InChI is InChI=1S/C9H9N3S/c13-3-1-2-7-4-8-6-11-12-9(8)10-5-7/h1-2,4-6,13H,3H2,(H,10,11,12). The Kier molecular flexibility index (Phi) is 2.31. The Hall–Kier alpha value is -1.29. The first-order valence-corrected chi connectivity index (χ1v) is 4.60. The number of hydrogen-bond acceptors (Lipinski definition) is 3. The van der Waals surface area contributed by atoms with Gasteiger partial charge in [0.05, 0.1) is 6.20 Å². The highest BCUT2D eigenvalue weighted by atomic mass is 32.1. The summed E-state index contributed by atoms with van der Waals surface area (Å²) in [5.74, 6) is 0.740. The largest absolute Gasteiger partial charge is 0.261 e. The average Bonchev–Trinajstić information content (AvgIpc) is 2.61. The van der Waals surface area contributed by atoms with E-state index in [0.717, 1.165) is 22.3 Å². The van der Waals surface area contributed by atoms with Gasteiger partial charge in [0.2, 0.25) is 0 Å². The SMILES string of the molecule is SCC=Cc1cnc2[nH]ncc2c1. The maximum atomic E-state index is 4.20. The first-order chi connectivity index (χ1) is 6.40. The fraction of sp³-hybridized carbons (Fsp3) is 0.111. The van der Waals surface area contributed by atoms with Gasteiger partial charge in [0.25, 0.3) is 0 Å². The van der Waals surface area contributed by atoms with Crippen LogP contribution in [-0.2, 0) is 0 Å². The second kappa shape index (κ2) is 3.62. The van der Waals surface area contributed by atoms with E-state index in [9.17, 15) is 0 Å². The van der Waals surface area contributed by atoms with E-state index in [1.165, 1.54) is 0 Å². The third kappa shape index (κ3) is 1.72. The Morgan fingerprint density at radius 3 is 3.23 bits per heavy atom. The molecular formula is C9H9N3S. The molecule has 4 heteroatoms. The van der Waals surface area contributed by atoms with Gasteiger partial charge in [0.1, 0.15) is 0 Å². The van der Waals surface area contributed by atoms with Gasteiger partial charge in [-0.15, -0.1) is 0 Å². The zero-order valence-electron chi connectivity index (χ0n) is 6.94. The van der Waals surface area contributed by atoms with Crippen molar-refractivity contribution in [3.05, 3.63) is 30.1 Å². The van der Waals surface area contributed by atoms with Crippen molar-refractivity contribution >= 4 is 29.7 Å². The molecule has 0 unspecified atom stereocenters. The second-order valence-electron chi connectivity index (χ2n) is 2.66. The lowest BCUT2D eigenvalue weighted by molar-refractivity contribution is 1.10. The molecular weight excluding hydrogens is 182 g/mol. The monoisotopic (exact) mass is 191 g/mol. The molecule has 66 valence electrons. The topological polar surface area (TPSA) is 41.6 Å². The van der Waals surface area contributed by atoms with Crippen LogP contribution in [0.25, 0.3) is 17.1 Å². The average molecular weight is 191 g/mol. The number of H-pyrrole nitrogens is 1. The van der Waals surface area contributed by atoms with Crippen LogP contribution in [0.15, 0.2) is 24.5 Å². The zero-order valence-corrected chi connectivity index (χ0v) is 7.83. The first-order valence-electron chi connectivity index (χ1n) is 3.96. The molecule has 0 saturated heterocycles. The Morgan fingerprint density at radius 2 is 2.38 bits per heavy atom. The first kappa shape index (κ1) is 8.31.